The van der Waals surface area contributed by atoms with Gasteiger partial charge in [-0.25, -0.2) is 9.37 Å². The zero-order valence-corrected chi connectivity index (χ0v) is 18.4. The van der Waals surface area contributed by atoms with Crippen LogP contribution in [0.15, 0.2) is 89.8 Å². The summed E-state index contributed by atoms with van der Waals surface area (Å²) in [5, 5.41) is 7.35. The second-order valence-electron chi connectivity index (χ2n) is 7.52. The summed E-state index contributed by atoms with van der Waals surface area (Å²) in [6.45, 7) is 0.559. The first kappa shape index (κ1) is 21.5. The Labute approximate surface area is 198 Å². The van der Waals surface area contributed by atoms with Crippen molar-refractivity contribution in [3.63, 3.8) is 0 Å². The molecule has 2 heterocycles. The minimum absolute atomic E-state index is 0.208. The van der Waals surface area contributed by atoms with Crippen LogP contribution in [0, 0.1) is 5.82 Å². The van der Waals surface area contributed by atoms with Gasteiger partial charge in [0.2, 0.25) is 5.82 Å². The highest BCUT2D eigenvalue weighted by Gasteiger charge is 2.14. The summed E-state index contributed by atoms with van der Waals surface area (Å²) in [6, 6.07) is 20.2. The normalized spacial score (nSPS) is 10.9. The second kappa shape index (κ2) is 9.29. The van der Waals surface area contributed by atoms with Crippen molar-refractivity contribution in [2.75, 3.05) is 5.32 Å². The van der Waals surface area contributed by atoms with Gasteiger partial charge in [0, 0.05) is 34.6 Å². The first-order valence-electron chi connectivity index (χ1n) is 10.3. The lowest BCUT2D eigenvalue weighted by atomic mass is 10.2. The number of amides is 1. The third-order valence-electron chi connectivity index (χ3n) is 5.04. The molecule has 0 aliphatic heterocycles. The van der Waals surface area contributed by atoms with E-state index in [4.69, 9.17) is 16.1 Å². The third kappa shape index (κ3) is 4.87. The molecule has 168 valence electrons. The average molecular weight is 474 g/mol. The summed E-state index contributed by atoms with van der Waals surface area (Å²) in [4.78, 5) is 21.0. The number of nitrogens with one attached hydrogen (secondary N) is 1. The number of carbonyl (C=O) groups excluding carboxylic acids is 1. The van der Waals surface area contributed by atoms with Gasteiger partial charge in [-0.3, -0.25) is 4.79 Å². The average Bonchev–Trinajstić information content (AvgIpc) is 3.51. The van der Waals surface area contributed by atoms with Crippen molar-refractivity contribution in [1.82, 2.24) is 19.7 Å². The van der Waals surface area contributed by atoms with Crippen LogP contribution in [0.4, 0.5) is 10.1 Å². The SMILES string of the molecule is O=C(Nc1ccc(Cn2cnc(-c3nc(-c4cccc(F)c4)no3)c2)cc1)c1ccc(Cl)cc1. The van der Waals surface area contributed by atoms with Gasteiger partial charge in [0.15, 0.2) is 0 Å². The number of halogens is 2. The molecular weight excluding hydrogens is 457 g/mol. The molecule has 1 amide bonds. The van der Waals surface area contributed by atoms with E-state index in [1.807, 2.05) is 28.8 Å². The number of nitrogens with zero attached hydrogens (tertiary/aromatic N) is 4. The highest BCUT2D eigenvalue weighted by atomic mass is 35.5. The van der Waals surface area contributed by atoms with Gasteiger partial charge in [-0.2, -0.15) is 4.98 Å². The fourth-order valence-electron chi connectivity index (χ4n) is 3.34. The van der Waals surface area contributed by atoms with Gasteiger partial charge in [-0.15, -0.1) is 0 Å². The van der Waals surface area contributed by atoms with E-state index < -0.39 is 0 Å². The number of hydrogen-bond acceptors (Lipinski definition) is 5. The number of benzene rings is 3. The van der Waals surface area contributed by atoms with E-state index in [9.17, 15) is 9.18 Å². The maximum atomic E-state index is 13.4. The fourth-order valence-corrected chi connectivity index (χ4v) is 3.46. The van der Waals surface area contributed by atoms with Crippen LogP contribution in [0.2, 0.25) is 5.02 Å². The van der Waals surface area contributed by atoms with E-state index in [2.05, 4.69) is 20.4 Å². The molecule has 0 bridgehead atoms. The van der Waals surface area contributed by atoms with Crippen molar-refractivity contribution in [1.29, 1.82) is 0 Å². The maximum absolute atomic E-state index is 13.4. The zero-order valence-electron chi connectivity index (χ0n) is 17.7. The van der Waals surface area contributed by atoms with Crippen LogP contribution >= 0.6 is 11.6 Å². The molecule has 34 heavy (non-hydrogen) atoms. The second-order valence-corrected chi connectivity index (χ2v) is 7.96. The summed E-state index contributed by atoms with van der Waals surface area (Å²) < 4.78 is 20.6. The van der Waals surface area contributed by atoms with Gasteiger partial charge in [-0.1, -0.05) is 41.0 Å². The van der Waals surface area contributed by atoms with E-state index in [0.29, 0.717) is 39.9 Å². The molecule has 0 aliphatic carbocycles. The van der Waals surface area contributed by atoms with Crippen LogP contribution in [-0.2, 0) is 6.54 Å². The van der Waals surface area contributed by atoms with Gasteiger partial charge in [-0.05, 0) is 54.1 Å². The molecule has 9 heteroatoms. The molecule has 0 saturated carbocycles. The van der Waals surface area contributed by atoms with Gasteiger partial charge in [0.1, 0.15) is 11.5 Å². The third-order valence-corrected chi connectivity index (χ3v) is 5.30. The van der Waals surface area contributed by atoms with Crippen LogP contribution in [0.3, 0.4) is 0 Å². The van der Waals surface area contributed by atoms with Crippen LogP contribution in [0.5, 0.6) is 0 Å². The van der Waals surface area contributed by atoms with E-state index >= 15 is 0 Å². The summed E-state index contributed by atoms with van der Waals surface area (Å²) >= 11 is 5.87. The lowest BCUT2D eigenvalue weighted by Gasteiger charge is -2.07. The Morgan fingerprint density at radius 2 is 1.85 bits per heavy atom. The van der Waals surface area contributed by atoms with Gasteiger partial charge in [0.05, 0.1) is 6.33 Å². The Balaban J connectivity index is 1.23. The molecule has 0 atom stereocenters. The number of anilines is 1. The van der Waals surface area contributed by atoms with Crippen molar-refractivity contribution >= 4 is 23.2 Å². The molecule has 2 aromatic heterocycles. The minimum Gasteiger partial charge on any atom is -0.332 e. The Bertz CT molecular complexity index is 1440. The number of rotatable bonds is 6. The lowest BCUT2D eigenvalue weighted by Crippen LogP contribution is -2.11. The first-order valence-corrected chi connectivity index (χ1v) is 10.7. The molecule has 5 aromatic rings. The number of imidazole rings is 1. The molecule has 3 aromatic carbocycles. The Morgan fingerprint density at radius 3 is 2.62 bits per heavy atom. The molecule has 0 aliphatic rings. The van der Waals surface area contributed by atoms with E-state index in [-0.39, 0.29) is 17.6 Å². The number of aromatic nitrogens is 4. The number of carbonyl (C=O) groups is 1. The van der Waals surface area contributed by atoms with Crippen LogP contribution in [-0.4, -0.2) is 25.6 Å². The molecule has 7 nitrogen and oxygen atoms in total. The molecule has 5 rings (SSSR count). The van der Waals surface area contributed by atoms with Crippen molar-refractivity contribution in [3.8, 4) is 23.0 Å². The van der Waals surface area contributed by atoms with Gasteiger partial charge < -0.3 is 14.4 Å². The van der Waals surface area contributed by atoms with Crippen LogP contribution in [0.1, 0.15) is 15.9 Å². The highest BCUT2D eigenvalue weighted by molar-refractivity contribution is 6.30. The Kier molecular flexibility index (Phi) is 5.88. The van der Waals surface area contributed by atoms with Crippen molar-refractivity contribution in [3.05, 3.63) is 107 Å². The predicted octanol–water partition coefficient (Wildman–Crippen LogP) is 5.69. The summed E-state index contributed by atoms with van der Waals surface area (Å²) in [5.41, 5.74) is 3.27. The molecule has 0 fully saturated rings. The summed E-state index contributed by atoms with van der Waals surface area (Å²) in [6.07, 6.45) is 3.46. The smallest absolute Gasteiger partial charge is 0.278 e. The molecule has 0 saturated heterocycles. The van der Waals surface area contributed by atoms with Crippen molar-refractivity contribution in [2.45, 2.75) is 6.54 Å². The standard InChI is InChI=1S/C25H17ClFN5O2/c26-19-8-6-17(7-9-19)24(33)29-21-10-4-16(5-11-21)13-32-14-22(28-15-32)25-30-23(31-34-25)18-2-1-3-20(27)12-18/h1-12,14-15H,13H2,(H,29,33). The quantitative estimate of drug-likeness (QED) is 0.342. The van der Waals surface area contributed by atoms with Crippen molar-refractivity contribution < 1.29 is 13.7 Å². The van der Waals surface area contributed by atoms with Crippen LogP contribution < -0.4 is 5.32 Å². The van der Waals surface area contributed by atoms with E-state index in [1.165, 1.54) is 12.1 Å². The molecular formula is C25H17ClFN5O2. The maximum Gasteiger partial charge on any atom is 0.278 e. The number of hydrogen-bond donors (Lipinski definition) is 1. The minimum atomic E-state index is -0.372. The predicted molar refractivity (Wildman–Crippen MR) is 126 cm³/mol. The monoisotopic (exact) mass is 473 g/mol. The van der Waals surface area contributed by atoms with Crippen molar-refractivity contribution in [2.24, 2.45) is 0 Å². The molecule has 0 spiro atoms. The molecule has 1 N–H and O–H groups in total. The lowest BCUT2D eigenvalue weighted by molar-refractivity contribution is 0.102. The molecule has 0 unspecified atom stereocenters. The van der Waals surface area contributed by atoms with E-state index in [0.717, 1.165) is 5.56 Å². The van der Waals surface area contributed by atoms with Crippen LogP contribution in [0.25, 0.3) is 23.0 Å². The highest BCUT2D eigenvalue weighted by Crippen LogP contribution is 2.22. The summed E-state index contributed by atoms with van der Waals surface area (Å²) in [7, 11) is 0. The van der Waals surface area contributed by atoms with Gasteiger partial charge in [0.25, 0.3) is 11.8 Å². The zero-order chi connectivity index (χ0) is 23.5. The Hall–Kier alpha value is -4.30. The first-order chi connectivity index (χ1) is 16.5. The largest absolute Gasteiger partial charge is 0.332 e. The van der Waals surface area contributed by atoms with E-state index in [1.54, 1.807) is 48.9 Å². The topological polar surface area (TPSA) is 85.8 Å². The molecule has 0 radical (unpaired) electrons. The summed E-state index contributed by atoms with van der Waals surface area (Å²) in [5.74, 6) is -0.0388. The Morgan fingerprint density at radius 1 is 1.06 bits per heavy atom. The fraction of sp³-hybridized carbons (Fsp3) is 0.0400. The van der Waals surface area contributed by atoms with Gasteiger partial charge >= 0.3 is 0 Å².